The molecule has 2 aromatic carbocycles. The molecule has 0 heterocycles. The largest absolute Gasteiger partial charge is 0.497 e. The number of aryl methyl sites for hydroxylation is 1. The van der Waals surface area contributed by atoms with Crippen LogP contribution in [0.2, 0.25) is 0 Å². The van der Waals surface area contributed by atoms with Gasteiger partial charge < -0.3 is 15.2 Å². The number of aliphatic hydroxyl groups is 1. The Morgan fingerprint density at radius 2 is 1.87 bits per heavy atom. The van der Waals surface area contributed by atoms with Crippen molar-refractivity contribution in [2.75, 3.05) is 7.11 Å². The number of hydrogen-bond acceptors (Lipinski definition) is 3. The minimum atomic E-state index is -0.905. The van der Waals surface area contributed by atoms with Crippen molar-refractivity contribution in [1.82, 2.24) is 5.32 Å². The molecule has 2 N–H and O–H groups in total. The summed E-state index contributed by atoms with van der Waals surface area (Å²) in [5.74, 6) is -0.454. The molecule has 0 aromatic heterocycles. The second kappa shape index (κ2) is 7.24. The highest BCUT2D eigenvalue weighted by Gasteiger charge is 2.20. The van der Waals surface area contributed by atoms with Crippen molar-refractivity contribution in [3.05, 3.63) is 65.0 Å². The van der Waals surface area contributed by atoms with Gasteiger partial charge in [0.2, 0.25) is 0 Å². The number of ether oxygens (including phenoxy) is 1. The quantitative estimate of drug-likeness (QED) is 0.891. The molecule has 0 aliphatic rings. The Labute approximate surface area is 134 Å². The summed E-state index contributed by atoms with van der Waals surface area (Å²) in [5, 5.41) is 13.0. The fourth-order valence-corrected chi connectivity index (χ4v) is 2.27. The Morgan fingerprint density at radius 1 is 1.22 bits per heavy atom. The molecule has 4 nitrogen and oxygen atoms in total. The summed E-state index contributed by atoms with van der Waals surface area (Å²) in [4.78, 5) is 12.2. The van der Waals surface area contributed by atoms with Gasteiger partial charge in [0.1, 0.15) is 11.6 Å². The maximum Gasteiger partial charge on any atom is 0.254 e. The van der Waals surface area contributed by atoms with E-state index in [4.69, 9.17) is 4.74 Å². The van der Waals surface area contributed by atoms with Crippen molar-refractivity contribution in [3.63, 3.8) is 0 Å². The van der Waals surface area contributed by atoms with E-state index in [1.54, 1.807) is 51.3 Å². The summed E-state index contributed by atoms with van der Waals surface area (Å²) >= 11 is 0. The fraction of sp³-hybridized carbons (Fsp3) is 0.278. The lowest BCUT2D eigenvalue weighted by Crippen LogP contribution is -2.37. The minimum absolute atomic E-state index is 0.0289. The van der Waals surface area contributed by atoms with Gasteiger partial charge >= 0.3 is 0 Å². The van der Waals surface area contributed by atoms with Crippen LogP contribution in [0.25, 0.3) is 0 Å². The first-order valence-electron chi connectivity index (χ1n) is 7.31. The predicted molar refractivity (Wildman–Crippen MR) is 86.0 cm³/mol. The van der Waals surface area contributed by atoms with Crippen LogP contribution in [-0.2, 0) is 0 Å². The lowest BCUT2D eigenvalue weighted by molar-refractivity contribution is 0.0848. The molecular formula is C18H20FNO3. The number of rotatable bonds is 5. The molecule has 1 amide bonds. The van der Waals surface area contributed by atoms with Crippen molar-refractivity contribution in [2.45, 2.75) is 26.0 Å². The molecule has 2 rings (SSSR count). The Hall–Kier alpha value is -2.40. The van der Waals surface area contributed by atoms with Gasteiger partial charge in [-0.2, -0.15) is 0 Å². The van der Waals surface area contributed by atoms with E-state index in [2.05, 4.69) is 5.32 Å². The lowest BCUT2D eigenvalue weighted by Gasteiger charge is -2.21. The molecule has 2 unspecified atom stereocenters. The zero-order valence-corrected chi connectivity index (χ0v) is 13.3. The average Bonchev–Trinajstić information content (AvgIpc) is 2.56. The van der Waals surface area contributed by atoms with Crippen molar-refractivity contribution in [2.24, 2.45) is 0 Å². The first kappa shape index (κ1) is 17.0. The molecule has 5 heteroatoms. The number of aliphatic hydroxyl groups excluding tert-OH is 1. The average molecular weight is 317 g/mol. The molecule has 0 radical (unpaired) electrons. The Kier molecular flexibility index (Phi) is 5.34. The Morgan fingerprint density at radius 3 is 2.48 bits per heavy atom. The van der Waals surface area contributed by atoms with Crippen LogP contribution < -0.4 is 10.1 Å². The smallest absolute Gasteiger partial charge is 0.254 e. The highest BCUT2D eigenvalue weighted by Crippen LogP contribution is 2.20. The molecule has 0 saturated carbocycles. The van der Waals surface area contributed by atoms with Crippen LogP contribution in [0.4, 0.5) is 4.39 Å². The minimum Gasteiger partial charge on any atom is -0.497 e. The zero-order chi connectivity index (χ0) is 17.0. The van der Waals surface area contributed by atoms with Gasteiger partial charge in [-0.15, -0.1) is 0 Å². The first-order valence-corrected chi connectivity index (χ1v) is 7.31. The highest BCUT2D eigenvalue weighted by atomic mass is 19.1. The summed E-state index contributed by atoms with van der Waals surface area (Å²) in [5.41, 5.74) is 1.40. The number of benzene rings is 2. The molecule has 0 bridgehead atoms. The molecule has 2 atom stereocenters. The van der Waals surface area contributed by atoms with Crippen LogP contribution in [0.1, 0.15) is 34.5 Å². The van der Waals surface area contributed by atoms with E-state index in [9.17, 15) is 14.3 Å². The van der Waals surface area contributed by atoms with Crippen LogP contribution in [0.15, 0.2) is 42.5 Å². The second-order valence-corrected chi connectivity index (χ2v) is 5.46. The summed E-state index contributed by atoms with van der Waals surface area (Å²) < 4.78 is 18.8. The fourth-order valence-electron chi connectivity index (χ4n) is 2.27. The van der Waals surface area contributed by atoms with Crippen LogP contribution in [-0.4, -0.2) is 24.2 Å². The number of carbonyl (C=O) groups excluding carboxylic acids is 1. The van der Waals surface area contributed by atoms with Crippen LogP contribution in [0.3, 0.4) is 0 Å². The van der Waals surface area contributed by atoms with E-state index in [0.717, 1.165) is 5.56 Å². The number of carbonyl (C=O) groups is 1. The Balaban J connectivity index is 2.09. The predicted octanol–water partition coefficient (Wildman–Crippen LogP) is 2.99. The Bertz CT molecular complexity index is 685. The van der Waals surface area contributed by atoms with Gasteiger partial charge in [-0.25, -0.2) is 4.39 Å². The molecule has 122 valence electrons. The van der Waals surface area contributed by atoms with E-state index in [1.165, 1.54) is 12.1 Å². The number of nitrogens with one attached hydrogen (secondary N) is 1. The standard InChI is InChI=1S/C18H20FNO3/c1-11-4-9-16(19)15(10-11)18(22)20-12(2)17(21)13-5-7-14(23-3)8-6-13/h4-10,12,17,21H,1-3H3,(H,20,22). The maximum atomic E-state index is 13.7. The van der Waals surface area contributed by atoms with Crippen molar-refractivity contribution < 1.29 is 19.0 Å². The second-order valence-electron chi connectivity index (χ2n) is 5.46. The third-order valence-corrected chi connectivity index (χ3v) is 3.66. The van der Waals surface area contributed by atoms with Crippen LogP contribution in [0, 0.1) is 12.7 Å². The van der Waals surface area contributed by atoms with E-state index < -0.39 is 23.9 Å². The van der Waals surface area contributed by atoms with Gasteiger partial charge in [-0.05, 0) is 43.7 Å². The van der Waals surface area contributed by atoms with Gasteiger partial charge in [0.15, 0.2) is 0 Å². The van der Waals surface area contributed by atoms with Gasteiger partial charge in [0, 0.05) is 0 Å². The van der Waals surface area contributed by atoms with Crippen molar-refractivity contribution in [1.29, 1.82) is 0 Å². The van der Waals surface area contributed by atoms with E-state index >= 15 is 0 Å². The van der Waals surface area contributed by atoms with Crippen LogP contribution >= 0.6 is 0 Å². The summed E-state index contributed by atoms with van der Waals surface area (Å²) in [7, 11) is 1.56. The monoisotopic (exact) mass is 317 g/mol. The molecule has 0 aliphatic carbocycles. The van der Waals surface area contributed by atoms with E-state index in [0.29, 0.717) is 11.3 Å². The molecule has 0 spiro atoms. The van der Waals surface area contributed by atoms with Gasteiger partial charge in [0.05, 0.1) is 24.8 Å². The third kappa shape index (κ3) is 4.07. The van der Waals surface area contributed by atoms with E-state index in [1.807, 2.05) is 0 Å². The molecule has 0 fully saturated rings. The normalized spacial score (nSPS) is 13.3. The topological polar surface area (TPSA) is 58.6 Å². The number of methoxy groups -OCH3 is 1. The zero-order valence-electron chi connectivity index (χ0n) is 13.3. The molecule has 23 heavy (non-hydrogen) atoms. The number of hydrogen-bond donors (Lipinski definition) is 2. The highest BCUT2D eigenvalue weighted by molar-refractivity contribution is 5.94. The SMILES string of the molecule is COc1ccc(C(O)C(C)NC(=O)c2cc(C)ccc2F)cc1. The van der Waals surface area contributed by atoms with Crippen LogP contribution in [0.5, 0.6) is 5.75 Å². The molecule has 0 aliphatic heterocycles. The molecule has 0 saturated heterocycles. The van der Waals surface area contributed by atoms with Gasteiger partial charge in [-0.3, -0.25) is 4.79 Å². The summed E-state index contributed by atoms with van der Waals surface area (Å²) in [6, 6.07) is 10.7. The number of halogens is 1. The van der Waals surface area contributed by atoms with E-state index in [-0.39, 0.29) is 5.56 Å². The summed E-state index contributed by atoms with van der Waals surface area (Å²) in [6.45, 7) is 3.45. The van der Waals surface area contributed by atoms with Gasteiger partial charge in [-0.1, -0.05) is 23.8 Å². The third-order valence-electron chi connectivity index (χ3n) is 3.66. The summed E-state index contributed by atoms with van der Waals surface area (Å²) in [6.07, 6.45) is -0.905. The first-order chi connectivity index (χ1) is 10.9. The number of amides is 1. The van der Waals surface area contributed by atoms with Gasteiger partial charge in [0.25, 0.3) is 5.91 Å². The lowest BCUT2D eigenvalue weighted by atomic mass is 10.0. The molecular weight excluding hydrogens is 297 g/mol. The maximum absolute atomic E-state index is 13.7. The molecule has 2 aromatic rings. The van der Waals surface area contributed by atoms with Crippen molar-refractivity contribution in [3.8, 4) is 5.75 Å². The van der Waals surface area contributed by atoms with Crippen molar-refractivity contribution >= 4 is 5.91 Å².